The zero-order valence-corrected chi connectivity index (χ0v) is 15.1. The molecular weight excluding hydrogens is 350 g/mol. The smallest absolute Gasteiger partial charge is 0.276 e. The number of aromatic nitrogens is 2. The van der Waals surface area contributed by atoms with Crippen molar-refractivity contribution in [3.63, 3.8) is 0 Å². The van der Waals surface area contributed by atoms with Crippen molar-refractivity contribution < 1.29 is 16.1 Å². The number of rotatable bonds is 4. The van der Waals surface area contributed by atoms with Gasteiger partial charge >= 0.3 is 0 Å². The molecule has 0 aliphatic carbocycles. The second-order valence-electron chi connectivity index (χ2n) is 5.81. The first kappa shape index (κ1) is 17.8. The molecule has 0 radical (unpaired) electrons. The molecule has 0 unspecified atom stereocenters. The van der Waals surface area contributed by atoms with E-state index in [1.807, 2.05) is 18.2 Å². The minimum absolute atomic E-state index is 0. The lowest BCUT2D eigenvalue weighted by Gasteiger charge is -2.09. The number of benzene rings is 2. The van der Waals surface area contributed by atoms with Crippen LogP contribution in [0.3, 0.4) is 0 Å². The van der Waals surface area contributed by atoms with E-state index in [0.29, 0.717) is 22.6 Å². The quantitative estimate of drug-likeness (QED) is 0.757. The molecule has 0 fully saturated rings. The summed E-state index contributed by atoms with van der Waals surface area (Å²) in [4.78, 5) is 21.4. The Morgan fingerprint density at radius 2 is 1.81 bits per heavy atom. The number of sulfone groups is 1. The van der Waals surface area contributed by atoms with Crippen LogP contribution in [0.2, 0.25) is 0 Å². The lowest BCUT2D eigenvalue weighted by atomic mass is 10.1. The third-order valence-corrected chi connectivity index (χ3v) is 4.87. The van der Waals surface area contributed by atoms with Crippen LogP contribution in [0.5, 0.6) is 0 Å². The standard InChI is InChI=1S/C19H17N3O3S.2H2/c1-13-18(19(23)21-15-8-4-3-5-9-15)22-17(12-20-13)14-7-6-10-16(11-14)26(2,24)25;;/h3-12H,1-2H3,(H,21,23);2*1H. The molecule has 136 valence electrons. The highest BCUT2D eigenvalue weighted by atomic mass is 32.2. The SMILES string of the molecule is Cc1ncc(-c2cccc(S(C)(=O)=O)c2)nc1C(=O)Nc1ccccc1.[HH].[HH]. The monoisotopic (exact) mass is 371 g/mol. The van der Waals surface area contributed by atoms with E-state index in [0.717, 1.165) is 6.26 Å². The van der Waals surface area contributed by atoms with Crippen LogP contribution in [0.25, 0.3) is 11.3 Å². The van der Waals surface area contributed by atoms with Crippen LogP contribution in [0, 0.1) is 6.92 Å². The number of carbonyl (C=O) groups excluding carboxylic acids is 1. The Hall–Kier alpha value is -3.06. The molecule has 0 spiro atoms. The predicted molar refractivity (Wildman–Crippen MR) is 104 cm³/mol. The third kappa shape index (κ3) is 3.94. The van der Waals surface area contributed by atoms with Gasteiger partial charge in [-0.1, -0.05) is 30.3 Å². The summed E-state index contributed by atoms with van der Waals surface area (Å²) >= 11 is 0. The molecular formula is C19H21N3O3S. The van der Waals surface area contributed by atoms with Gasteiger partial charge in [-0.3, -0.25) is 9.78 Å². The summed E-state index contributed by atoms with van der Waals surface area (Å²) in [5, 5.41) is 2.78. The number of para-hydroxylation sites is 1. The Labute approximate surface area is 154 Å². The minimum atomic E-state index is -3.34. The number of amides is 1. The van der Waals surface area contributed by atoms with Gasteiger partial charge in [0.1, 0.15) is 5.69 Å². The van der Waals surface area contributed by atoms with Crippen LogP contribution in [-0.2, 0) is 9.84 Å². The Morgan fingerprint density at radius 3 is 2.50 bits per heavy atom. The molecule has 1 N–H and O–H groups in total. The number of nitrogens with zero attached hydrogens (tertiary/aromatic N) is 2. The number of hydrogen-bond acceptors (Lipinski definition) is 5. The van der Waals surface area contributed by atoms with Gasteiger partial charge in [-0.15, -0.1) is 0 Å². The fourth-order valence-corrected chi connectivity index (χ4v) is 3.07. The van der Waals surface area contributed by atoms with Gasteiger partial charge in [0.25, 0.3) is 5.91 Å². The maximum absolute atomic E-state index is 12.5. The highest BCUT2D eigenvalue weighted by Crippen LogP contribution is 2.21. The summed E-state index contributed by atoms with van der Waals surface area (Å²) in [6.07, 6.45) is 2.67. The van der Waals surface area contributed by atoms with E-state index in [1.54, 1.807) is 31.2 Å². The average Bonchev–Trinajstić information content (AvgIpc) is 2.62. The summed E-state index contributed by atoms with van der Waals surface area (Å²) in [5.74, 6) is -0.373. The molecule has 0 saturated heterocycles. The van der Waals surface area contributed by atoms with E-state index in [4.69, 9.17) is 0 Å². The topological polar surface area (TPSA) is 89.0 Å². The Bertz CT molecular complexity index is 1070. The van der Waals surface area contributed by atoms with Crippen molar-refractivity contribution >= 4 is 21.4 Å². The molecule has 0 aliphatic rings. The molecule has 1 amide bonds. The van der Waals surface area contributed by atoms with Crippen molar-refractivity contribution in [3.05, 3.63) is 72.2 Å². The lowest BCUT2D eigenvalue weighted by molar-refractivity contribution is 0.102. The molecule has 0 bridgehead atoms. The minimum Gasteiger partial charge on any atom is -0.321 e. The van der Waals surface area contributed by atoms with Crippen LogP contribution in [0.1, 0.15) is 19.0 Å². The Balaban J connectivity index is 0.00000196. The van der Waals surface area contributed by atoms with Gasteiger partial charge in [0.05, 0.1) is 22.5 Å². The average molecular weight is 371 g/mol. The highest BCUT2D eigenvalue weighted by Gasteiger charge is 2.15. The van der Waals surface area contributed by atoms with Crippen molar-refractivity contribution in [2.75, 3.05) is 11.6 Å². The number of aryl methyl sites for hydroxylation is 1. The van der Waals surface area contributed by atoms with E-state index in [9.17, 15) is 13.2 Å². The van der Waals surface area contributed by atoms with Gasteiger partial charge in [-0.2, -0.15) is 0 Å². The lowest BCUT2D eigenvalue weighted by Crippen LogP contribution is -2.16. The Kier molecular flexibility index (Phi) is 4.81. The number of anilines is 1. The highest BCUT2D eigenvalue weighted by molar-refractivity contribution is 7.90. The van der Waals surface area contributed by atoms with E-state index in [2.05, 4.69) is 15.3 Å². The maximum Gasteiger partial charge on any atom is 0.276 e. The van der Waals surface area contributed by atoms with Gasteiger partial charge < -0.3 is 5.32 Å². The molecule has 0 atom stereocenters. The normalized spacial score (nSPS) is 11.2. The first-order valence-electron chi connectivity index (χ1n) is 7.85. The molecule has 3 aromatic rings. The summed E-state index contributed by atoms with van der Waals surface area (Å²) in [6.45, 7) is 1.70. The molecule has 2 aromatic carbocycles. The summed E-state index contributed by atoms with van der Waals surface area (Å²) in [5.41, 5.74) is 2.34. The Morgan fingerprint density at radius 1 is 1.08 bits per heavy atom. The molecule has 1 heterocycles. The van der Waals surface area contributed by atoms with Crippen molar-refractivity contribution in [3.8, 4) is 11.3 Å². The van der Waals surface area contributed by atoms with Gasteiger partial charge in [0, 0.05) is 20.4 Å². The summed E-state index contributed by atoms with van der Waals surface area (Å²) in [7, 11) is -3.34. The predicted octanol–water partition coefficient (Wildman–Crippen LogP) is 3.60. The van der Waals surface area contributed by atoms with Crippen LogP contribution in [0.15, 0.2) is 65.7 Å². The number of nitrogens with one attached hydrogen (secondary N) is 1. The molecule has 26 heavy (non-hydrogen) atoms. The summed E-state index contributed by atoms with van der Waals surface area (Å²) < 4.78 is 23.5. The van der Waals surface area contributed by atoms with Crippen LogP contribution in [0.4, 0.5) is 5.69 Å². The van der Waals surface area contributed by atoms with Crippen LogP contribution < -0.4 is 5.32 Å². The van der Waals surface area contributed by atoms with Gasteiger partial charge in [-0.25, -0.2) is 13.4 Å². The van der Waals surface area contributed by atoms with Gasteiger partial charge in [0.2, 0.25) is 0 Å². The fraction of sp³-hybridized carbons (Fsp3) is 0.105. The molecule has 0 saturated carbocycles. The van der Waals surface area contributed by atoms with Crippen molar-refractivity contribution in [1.82, 2.24) is 9.97 Å². The molecule has 3 rings (SSSR count). The van der Waals surface area contributed by atoms with Crippen LogP contribution >= 0.6 is 0 Å². The largest absolute Gasteiger partial charge is 0.321 e. The van der Waals surface area contributed by atoms with E-state index in [1.165, 1.54) is 18.3 Å². The summed E-state index contributed by atoms with van der Waals surface area (Å²) in [6, 6.07) is 15.5. The van der Waals surface area contributed by atoms with Crippen molar-refractivity contribution in [1.29, 1.82) is 0 Å². The zero-order valence-electron chi connectivity index (χ0n) is 14.3. The second-order valence-corrected chi connectivity index (χ2v) is 7.83. The van der Waals surface area contributed by atoms with E-state index >= 15 is 0 Å². The van der Waals surface area contributed by atoms with Gasteiger partial charge in [-0.05, 0) is 31.2 Å². The van der Waals surface area contributed by atoms with Crippen molar-refractivity contribution in [2.45, 2.75) is 11.8 Å². The van der Waals surface area contributed by atoms with Gasteiger partial charge in [0.15, 0.2) is 9.84 Å². The number of hydrogen-bond donors (Lipinski definition) is 1. The molecule has 1 aromatic heterocycles. The maximum atomic E-state index is 12.5. The van der Waals surface area contributed by atoms with Crippen molar-refractivity contribution in [2.24, 2.45) is 0 Å². The first-order chi connectivity index (χ1) is 12.3. The zero-order chi connectivity index (χ0) is 18.7. The molecule has 6 nitrogen and oxygen atoms in total. The third-order valence-electron chi connectivity index (χ3n) is 3.76. The number of carbonyl (C=O) groups is 1. The van der Waals surface area contributed by atoms with E-state index in [-0.39, 0.29) is 19.3 Å². The first-order valence-corrected chi connectivity index (χ1v) is 9.74. The molecule has 7 heteroatoms. The second kappa shape index (κ2) is 7.05. The van der Waals surface area contributed by atoms with E-state index < -0.39 is 9.84 Å². The van der Waals surface area contributed by atoms with Crippen LogP contribution in [-0.4, -0.2) is 30.5 Å². The molecule has 0 aliphatic heterocycles. The fourth-order valence-electron chi connectivity index (χ4n) is 2.40.